The van der Waals surface area contributed by atoms with E-state index in [-0.39, 0.29) is 12.1 Å². The van der Waals surface area contributed by atoms with E-state index in [4.69, 9.17) is 5.26 Å². The van der Waals surface area contributed by atoms with Gasteiger partial charge in [-0.2, -0.15) is 5.26 Å². The molecule has 1 N–H and O–H groups in total. The van der Waals surface area contributed by atoms with Gasteiger partial charge >= 0.3 is 6.03 Å². The van der Waals surface area contributed by atoms with Crippen molar-refractivity contribution in [3.8, 4) is 17.3 Å². The number of amides is 2. The Morgan fingerprint density at radius 2 is 1.79 bits per heavy atom. The van der Waals surface area contributed by atoms with Gasteiger partial charge in [0.1, 0.15) is 5.69 Å². The number of carbonyl (C=O) groups is 1. The zero-order valence-corrected chi connectivity index (χ0v) is 15.3. The Hall–Kier alpha value is -3.66. The van der Waals surface area contributed by atoms with E-state index in [1.807, 2.05) is 46.1 Å². The summed E-state index contributed by atoms with van der Waals surface area (Å²) in [7, 11) is 0. The third-order valence-electron chi connectivity index (χ3n) is 4.97. The van der Waals surface area contributed by atoms with Crippen molar-refractivity contribution < 1.29 is 4.79 Å². The molecule has 2 heterocycles. The van der Waals surface area contributed by atoms with E-state index >= 15 is 0 Å². The van der Waals surface area contributed by atoms with Crippen molar-refractivity contribution in [1.82, 2.24) is 19.9 Å². The topological polar surface area (TPSA) is 86.8 Å². The maximum atomic E-state index is 12.5. The Balaban J connectivity index is 1.33. The number of nitrogens with zero attached hydrogens (tertiary/aromatic N) is 5. The van der Waals surface area contributed by atoms with Crippen LogP contribution < -0.4 is 5.32 Å². The lowest BCUT2D eigenvalue weighted by Crippen LogP contribution is -2.41. The number of likely N-dealkylation sites (tertiary alicyclic amines) is 1. The Labute approximate surface area is 163 Å². The first-order chi connectivity index (χ1) is 13.7. The number of carbonyl (C=O) groups excluding carboxylic acids is 1. The first kappa shape index (κ1) is 17.7. The van der Waals surface area contributed by atoms with E-state index in [1.165, 1.54) is 0 Å². The highest BCUT2D eigenvalue weighted by Gasteiger charge is 2.25. The Kier molecular flexibility index (Phi) is 5.02. The molecule has 0 radical (unpaired) electrons. The van der Waals surface area contributed by atoms with Gasteiger partial charge in [-0.1, -0.05) is 35.5 Å². The molecule has 1 aliphatic heterocycles. The lowest BCUT2D eigenvalue weighted by atomic mass is 10.1. The van der Waals surface area contributed by atoms with Crippen LogP contribution >= 0.6 is 0 Å². The van der Waals surface area contributed by atoms with Gasteiger partial charge in [-0.05, 0) is 37.1 Å². The van der Waals surface area contributed by atoms with Crippen LogP contribution in [-0.4, -0.2) is 39.0 Å². The molecular weight excluding hydrogens is 352 g/mol. The number of anilines is 1. The van der Waals surface area contributed by atoms with Gasteiger partial charge in [0.05, 0.1) is 23.9 Å². The normalized spacial score (nSPS) is 14.5. The quantitative estimate of drug-likeness (QED) is 0.760. The summed E-state index contributed by atoms with van der Waals surface area (Å²) >= 11 is 0. The van der Waals surface area contributed by atoms with E-state index in [0.29, 0.717) is 24.3 Å². The summed E-state index contributed by atoms with van der Waals surface area (Å²) < 4.78 is 1.91. The summed E-state index contributed by atoms with van der Waals surface area (Å²) in [6.45, 7) is 1.32. The fraction of sp³-hybridized carbons (Fsp3) is 0.238. The number of nitriles is 1. The second-order valence-electron chi connectivity index (χ2n) is 6.79. The van der Waals surface area contributed by atoms with E-state index < -0.39 is 0 Å². The molecule has 1 saturated heterocycles. The molecule has 0 unspecified atom stereocenters. The third-order valence-corrected chi connectivity index (χ3v) is 4.97. The average Bonchev–Trinajstić information content (AvgIpc) is 3.25. The molecule has 2 amide bonds. The van der Waals surface area contributed by atoms with Crippen molar-refractivity contribution in [2.45, 2.75) is 18.9 Å². The molecular formula is C21H20N6O. The van der Waals surface area contributed by atoms with Gasteiger partial charge in [-0.3, -0.25) is 0 Å². The van der Waals surface area contributed by atoms with Crippen LogP contribution in [0.15, 0.2) is 60.8 Å². The zero-order valence-electron chi connectivity index (χ0n) is 15.3. The van der Waals surface area contributed by atoms with Crippen molar-refractivity contribution in [3.63, 3.8) is 0 Å². The third kappa shape index (κ3) is 3.86. The van der Waals surface area contributed by atoms with Crippen LogP contribution in [0.3, 0.4) is 0 Å². The van der Waals surface area contributed by atoms with Crippen LogP contribution in [0.2, 0.25) is 0 Å². The van der Waals surface area contributed by atoms with Crippen molar-refractivity contribution in [2.24, 2.45) is 0 Å². The second kappa shape index (κ2) is 7.92. The summed E-state index contributed by atoms with van der Waals surface area (Å²) in [5, 5.41) is 20.3. The van der Waals surface area contributed by atoms with E-state index in [1.54, 1.807) is 24.3 Å². The molecule has 3 aromatic rings. The van der Waals surface area contributed by atoms with Gasteiger partial charge in [0.2, 0.25) is 0 Å². The summed E-state index contributed by atoms with van der Waals surface area (Å²) in [6, 6.07) is 19.0. The standard InChI is InChI=1S/C21H20N6O/c22-14-16-6-8-18(9-7-16)23-21(28)26-12-10-19(11-13-26)27-15-20(24-25-27)17-4-2-1-3-5-17/h1-9,15,19H,10-13H2,(H,23,28). The van der Waals surface area contributed by atoms with Crippen LogP contribution in [0.1, 0.15) is 24.4 Å². The Morgan fingerprint density at radius 1 is 1.07 bits per heavy atom. The highest BCUT2D eigenvalue weighted by atomic mass is 16.2. The highest BCUT2D eigenvalue weighted by molar-refractivity contribution is 5.89. The first-order valence-electron chi connectivity index (χ1n) is 9.26. The lowest BCUT2D eigenvalue weighted by molar-refractivity contribution is 0.179. The van der Waals surface area contributed by atoms with Crippen LogP contribution in [0.5, 0.6) is 0 Å². The maximum Gasteiger partial charge on any atom is 0.321 e. The van der Waals surface area contributed by atoms with Crippen LogP contribution in [0.25, 0.3) is 11.3 Å². The fourth-order valence-electron chi connectivity index (χ4n) is 3.36. The van der Waals surface area contributed by atoms with E-state index in [2.05, 4.69) is 21.7 Å². The minimum Gasteiger partial charge on any atom is -0.324 e. The number of benzene rings is 2. The largest absolute Gasteiger partial charge is 0.324 e. The number of rotatable bonds is 3. The first-order valence-corrected chi connectivity index (χ1v) is 9.26. The molecule has 7 heteroatoms. The minimum absolute atomic E-state index is 0.119. The smallest absolute Gasteiger partial charge is 0.321 e. The van der Waals surface area contributed by atoms with Gasteiger partial charge in [0.15, 0.2) is 0 Å². The van der Waals surface area contributed by atoms with Crippen molar-refractivity contribution in [2.75, 3.05) is 18.4 Å². The Morgan fingerprint density at radius 3 is 2.46 bits per heavy atom. The number of hydrogen-bond acceptors (Lipinski definition) is 4. The predicted molar refractivity (Wildman–Crippen MR) is 105 cm³/mol. The molecule has 0 aliphatic carbocycles. The number of urea groups is 1. The van der Waals surface area contributed by atoms with Crippen molar-refractivity contribution >= 4 is 11.7 Å². The molecule has 7 nitrogen and oxygen atoms in total. The van der Waals surface area contributed by atoms with Crippen molar-refractivity contribution in [3.05, 3.63) is 66.4 Å². The van der Waals surface area contributed by atoms with E-state index in [0.717, 1.165) is 24.1 Å². The summed E-state index contributed by atoms with van der Waals surface area (Å²) in [6.07, 6.45) is 3.64. The molecule has 1 fully saturated rings. The van der Waals surface area contributed by atoms with E-state index in [9.17, 15) is 4.79 Å². The molecule has 28 heavy (non-hydrogen) atoms. The van der Waals surface area contributed by atoms with Crippen LogP contribution in [0, 0.1) is 11.3 Å². The van der Waals surface area contributed by atoms with Gasteiger partial charge in [-0.25, -0.2) is 9.48 Å². The maximum absolute atomic E-state index is 12.5. The SMILES string of the molecule is N#Cc1ccc(NC(=O)N2CCC(n3cc(-c4ccccc4)nn3)CC2)cc1. The molecule has 1 aliphatic rings. The Bertz CT molecular complexity index is 982. The monoisotopic (exact) mass is 372 g/mol. The molecule has 0 bridgehead atoms. The molecule has 4 rings (SSSR count). The second-order valence-corrected chi connectivity index (χ2v) is 6.79. The minimum atomic E-state index is -0.119. The van der Waals surface area contributed by atoms with Gasteiger partial charge in [0, 0.05) is 24.3 Å². The number of hydrogen-bond donors (Lipinski definition) is 1. The zero-order chi connectivity index (χ0) is 19.3. The number of nitrogens with one attached hydrogen (secondary N) is 1. The molecule has 1 aromatic heterocycles. The number of piperidine rings is 1. The molecule has 0 spiro atoms. The van der Waals surface area contributed by atoms with Crippen LogP contribution in [0.4, 0.5) is 10.5 Å². The molecule has 2 aromatic carbocycles. The van der Waals surface area contributed by atoms with Gasteiger partial charge in [-0.15, -0.1) is 5.10 Å². The van der Waals surface area contributed by atoms with Crippen LogP contribution in [-0.2, 0) is 0 Å². The number of aromatic nitrogens is 3. The van der Waals surface area contributed by atoms with Gasteiger partial charge < -0.3 is 10.2 Å². The predicted octanol–water partition coefficient (Wildman–Crippen LogP) is 3.69. The summed E-state index contributed by atoms with van der Waals surface area (Å²) in [5.74, 6) is 0. The average molecular weight is 372 g/mol. The fourth-order valence-corrected chi connectivity index (χ4v) is 3.36. The highest BCUT2D eigenvalue weighted by Crippen LogP contribution is 2.24. The lowest BCUT2D eigenvalue weighted by Gasteiger charge is -2.31. The molecule has 0 saturated carbocycles. The summed E-state index contributed by atoms with van der Waals surface area (Å²) in [4.78, 5) is 14.3. The summed E-state index contributed by atoms with van der Waals surface area (Å²) in [5.41, 5.74) is 3.17. The molecule has 140 valence electrons. The molecule has 0 atom stereocenters. The van der Waals surface area contributed by atoms with Crippen molar-refractivity contribution in [1.29, 1.82) is 5.26 Å². The van der Waals surface area contributed by atoms with Gasteiger partial charge in [0.25, 0.3) is 0 Å².